The zero-order valence-electron chi connectivity index (χ0n) is 13.8. The number of carbonyl (C=O) groups excluding carboxylic acids is 1. The SMILES string of the molecule is CCOC(=O)c1cccc(N)c1N(CC(C)C)CC(C)C. The fourth-order valence-corrected chi connectivity index (χ4v) is 2.43. The molecule has 0 radical (unpaired) electrons. The monoisotopic (exact) mass is 292 g/mol. The van der Waals surface area contributed by atoms with Gasteiger partial charge in [0.1, 0.15) is 0 Å². The molecule has 0 saturated carbocycles. The molecule has 21 heavy (non-hydrogen) atoms. The van der Waals surface area contributed by atoms with Gasteiger partial charge in [0, 0.05) is 13.1 Å². The first-order valence-corrected chi connectivity index (χ1v) is 7.67. The van der Waals surface area contributed by atoms with E-state index in [1.54, 1.807) is 12.1 Å². The Bertz CT molecular complexity index is 460. The van der Waals surface area contributed by atoms with Crippen molar-refractivity contribution in [2.75, 3.05) is 30.3 Å². The van der Waals surface area contributed by atoms with Crippen LogP contribution in [0.2, 0.25) is 0 Å². The normalized spacial score (nSPS) is 11.0. The van der Waals surface area contributed by atoms with Crippen molar-refractivity contribution < 1.29 is 9.53 Å². The molecule has 0 spiro atoms. The summed E-state index contributed by atoms with van der Waals surface area (Å²) in [5, 5.41) is 0. The van der Waals surface area contributed by atoms with E-state index in [2.05, 4.69) is 32.6 Å². The lowest BCUT2D eigenvalue weighted by Crippen LogP contribution is -2.33. The highest BCUT2D eigenvalue weighted by Crippen LogP contribution is 2.30. The molecular formula is C17H28N2O2. The van der Waals surface area contributed by atoms with Crippen LogP contribution in [-0.4, -0.2) is 25.7 Å². The number of hydrogen-bond donors (Lipinski definition) is 1. The number of ether oxygens (including phenoxy) is 1. The van der Waals surface area contributed by atoms with Crippen LogP contribution in [0.5, 0.6) is 0 Å². The third-order valence-electron chi connectivity index (χ3n) is 3.05. The molecule has 0 fully saturated rings. The lowest BCUT2D eigenvalue weighted by molar-refractivity contribution is 0.0527. The van der Waals surface area contributed by atoms with Crippen LogP contribution < -0.4 is 10.6 Å². The molecular weight excluding hydrogens is 264 g/mol. The first kappa shape index (κ1) is 17.3. The third-order valence-corrected chi connectivity index (χ3v) is 3.05. The lowest BCUT2D eigenvalue weighted by Gasteiger charge is -2.31. The van der Waals surface area contributed by atoms with Crippen LogP contribution in [0.15, 0.2) is 18.2 Å². The summed E-state index contributed by atoms with van der Waals surface area (Å²) in [6, 6.07) is 5.43. The molecule has 1 aromatic carbocycles. The highest BCUT2D eigenvalue weighted by Gasteiger charge is 2.21. The maximum atomic E-state index is 12.2. The van der Waals surface area contributed by atoms with Crippen LogP contribution in [0.4, 0.5) is 11.4 Å². The second kappa shape index (κ2) is 7.91. The average Bonchev–Trinajstić information content (AvgIpc) is 2.36. The standard InChI is InChI=1S/C17H28N2O2/c1-6-21-17(20)14-8-7-9-15(18)16(14)19(10-12(2)3)11-13(4)5/h7-9,12-13H,6,10-11,18H2,1-5H3. The van der Waals surface area contributed by atoms with Crippen LogP contribution in [0.3, 0.4) is 0 Å². The van der Waals surface area contributed by atoms with Crippen molar-refractivity contribution in [2.45, 2.75) is 34.6 Å². The number of anilines is 2. The van der Waals surface area contributed by atoms with Gasteiger partial charge in [-0.1, -0.05) is 33.8 Å². The smallest absolute Gasteiger partial charge is 0.340 e. The van der Waals surface area contributed by atoms with Gasteiger partial charge in [-0.15, -0.1) is 0 Å². The quantitative estimate of drug-likeness (QED) is 0.616. The zero-order valence-corrected chi connectivity index (χ0v) is 13.8. The first-order chi connectivity index (χ1) is 9.86. The minimum atomic E-state index is -0.308. The third kappa shape index (κ3) is 4.96. The number of hydrogen-bond acceptors (Lipinski definition) is 4. The summed E-state index contributed by atoms with van der Waals surface area (Å²) < 4.78 is 5.16. The molecule has 4 nitrogen and oxygen atoms in total. The molecule has 0 unspecified atom stereocenters. The predicted molar refractivity (Wildman–Crippen MR) is 88.7 cm³/mol. The Balaban J connectivity index is 3.24. The number of benzene rings is 1. The summed E-state index contributed by atoms with van der Waals surface area (Å²) in [4.78, 5) is 14.4. The van der Waals surface area contributed by atoms with E-state index >= 15 is 0 Å². The second-order valence-corrected chi connectivity index (χ2v) is 6.16. The number of rotatable bonds is 7. The summed E-state index contributed by atoms with van der Waals surface area (Å²) in [6.45, 7) is 12.5. The molecule has 0 aromatic heterocycles. The Morgan fingerprint density at radius 2 is 1.76 bits per heavy atom. The molecule has 4 heteroatoms. The Kier molecular flexibility index (Phi) is 6.53. The number of esters is 1. The van der Waals surface area contributed by atoms with Crippen molar-refractivity contribution in [3.05, 3.63) is 23.8 Å². The van der Waals surface area contributed by atoms with Gasteiger partial charge >= 0.3 is 5.97 Å². The van der Waals surface area contributed by atoms with Gasteiger partial charge in [-0.2, -0.15) is 0 Å². The summed E-state index contributed by atoms with van der Waals surface area (Å²) in [6.07, 6.45) is 0. The van der Waals surface area contributed by atoms with E-state index in [4.69, 9.17) is 10.5 Å². The summed E-state index contributed by atoms with van der Waals surface area (Å²) >= 11 is 0. The van der Waals surface area contributed by atoms with Crippen LogP contribution in [0, 0.1) is 11.8 Å². The molecule has 0 atom stereocenters. The van der Waals surface area contributed by atoms with Gasteiger partial charge in [-0.05, 0) is 30.9 Å². The summed E-state index contributed by atoms with van der Waals surface area (Å²) in [5.74, 6) is 0.661. The van der Waals surface area contributed by atoms with Gasteiger partial charge < -0.3 is 15.4 Å². The molecule has 0 heterocycles. The van der Waals surface area contributed by atoms with Gasteiger partial charge in [0.05, 0.1) is 23.5 Å². The van der Waals surface area contributed by atoms with Crippen LogP contribution in [0.1, 0.15) is 45.0 Å². The number of nitrogens with zero attached hydrogens (tertiary/aromatic N) is 1. The van der Waals surface area contributed by atoms with Crippen LogP contribution in [0.25, 0.3) is 0 Å². The van der Waals surface area contributed by atoms with E-state index in [-0.39, 0.29) is 5.97 Å². The highest BCUT2D eigenvalue weighted by atomic mass is 16.5. The van der Waals surface area contributed by atoms with Crippen molar-refractivity contribution >= 4 is 17.3 Å². The number of carbonyl (C=O) groups is 1. The van der Waals surface area contributed by atoms with E-state index in [1.807, 2.05) is 13.0 Å². The van der Waals surface area contributed by atoms with Crippen molar-refractivity contribution in [2.24, 2.45) is 11.8 Å². The molecule has 0 aliphatic rings. The van der Waals surface area contributed by atoms with Crippen LogP contribution in [-0.2, 0) is 4.74 Å². The van der Waals surface area contributed by atoms with Crippen molar-refractivity contribution in [1.29, 1.82) is 0 Å². The number of para-hydroxylation sites is 1. The van der Waals surface area contributed by atoms with Gasteiger partial charge in [0.15, 0.2) is 0 Å². The zero-order chi connectivity index (χ0) is 16.0. The van der Waals surface area contributed by atoms with Crippen molar-refractivity contribution in [3.8, 4) is 0 Å². The Labute approximate surface area is 128 Å². The van der Waals surface area contributed by atoms with Crippen LogP contribution >= 0.6 is 0 Å². The maximum Gasteiger partial charge on any atom is 0.340 e. The Hall–Kier alpha value is -1.71. The van der Waals surface area contributed by atoms with Gasteiger partial charge in [0.25, 0.3) is 0 Å². The van der Waals surface area contributed by atoms with Gasteiger partial charge in [-0.25, -0.2) is 4.79 Å². The fraction of sp³-hybridized carbons (Fsp3) is 0.588. The topological polar surface area (TPSA) is 55.6 Å². The molecule has 0 aliphatic carbocycles. The molecule has 2 N–H and O–H groups in total. The summed E-state index contributed by atoms with van der Waals surface area (Å²) in [5.41, 5.74) is 8.14. The maximum absolute atomic E-state index is 12.2. The molecule has 0 saturated heterocycles. The lowest BCUT2D eigenvalue weighted by atomic mass is 10.1. The Morgan fingerprint density at radius 3 is 2.24 bits per heavy atom. The Morgan fingerprint density at radius 1 is 1.19 bits per heavy atom. The molecule has 1 aromatic rings. The predicted octanol–water partition coefficient (Wildman–Crippen LogP) is 3.56. The molecule has 0 aliphatic heterocycles. The fourth-order valence-electron chi connectivity index (χ4n) is 2.43. The number of nitrogens with two attached hydrogens (primary N) is 1. The largest absolute Gasteiger partial charge is 0.462 e. The van der Waals surface area contributed by atoms with E-state index in [0.29, 0.717) is 29.7 Å². The average molecular weight is 292 g/mol. The van der Waals surface area contributed by atoms with E-state index < -0.39 is 0 Å². The minimum absolute atomic E-state index is 0.308. The summed E-state index contributed by atoms with van der Waals surface area (Å²) in [7, 11) is 0. The minimum Gasteiger partial charge on any atom is -0.462 e. The molecule has 118 valence electrons. The number of nitrogen functional groups attached to an aromatic ring is 1. The van der Waals surface area contributed by atoms with Gasteiger partial charge in [0.2, 0.25) is 0 Å². The van der Waals surface area contributed by atoms with E-state index in [1.165, 1.54) is 0 Å². The van der Waals surface area contributed by atoms with Crippen molar-refractivity contribution in [3.63, 3.8) is 0 Å². The van der Waals surface area contributed by atoms with E-state index in [0.717, 1.165) is 18.8 Å². The van der Waals surface area contributed by atoms with Crippen molar-refractivity contribution in [1.82, 2.24) is 0 Å². The molecule has 1 rings (SSSR count). The highest BCUT2D eigenvalue weighted by molar-refractivity contribution is 5.99. The second-order valence-electron chi connectivity index (χ2n) is 6.16. The first-order valence-electron chi connectivity index (χ1n) is 7.67. The van der Waals surface area contributed by atoms with Gasteiger partial charge in [-0.3, -0.25) is 0 Å². The molecule has 0 bridgehead atoms. The molecule has 0 amide bonds. The van der Waals surface area contributed by atoms with E-state index in [9.17, 15) is 4.79 Å².